The van der Waals surface area contributed by atoms with Gasteiger partial charge in [0.15, 0.2) is 0 Å². The third-order valence-corrected chi connectivity index (χ3v) is 8.08. The highest BCUT2D eigenvalue weighted by molar-refractivity contribution is 5.82. The lowest BCUT2D eigenvalue weighted by atomic mass is 9.85. The summed E-state index contributed by atoms with van der Waals surface area (Å²) in [6.07, 6.45) is 3.10. The summed E-state index contributed by atoms with van der Waals surface area (Å²) in [6, 6.07) is 33.8. The molecule has 0 radical (unpaired) electrons. The molecule has 0 spiro atoms. The van der Waals surface area contributed by atoms with Crippen LogP contribution >= 0.6 is 0 Å². The van der Waals surface area contributed by atoms with Crippen molar-refractivity contribution in [2.75, 3.05) is 32.9 Å². The Kier molecular flexibility index (Phi) is 15.4. The Balaban J connectivity index is 0.000000671. The van der Waals surface area contributed by atoms with E-state index in [1.807, 2.05) is 39.0 Å². The molecule has 7 heteroatoms. The van der Waals surface area contributed by atoms with Crippen LogP contribution in [0.2, 0.25) is 0 Å². The van der Waals surface area contributed by atoms with Gasteiger partial charge in [-0.25, -0.2) is 0 Å². The number of rotatable bonds is 16. The van der Waals surface area contributed by atoms with E-state index in [1.165, 1.54) is 27.5 Å². The summed E-state index contributed by atoms with van der Waals surface area (Å²) >= 11 is 0. The van der Waals surface area contributed by atoms with Crippen LogP contribution < -0.4 is 10.1 Å². The van der Waals surface area contributed by atoms with E-state index in [4.69, 9.17) is 18.9 Å². The normalized spacial score (nSPS) is 17.7. The maximum atomic E-state index is 9.60. The van der Waals surface area contributed by atoms with Crippen LogP contribution in [0.25, 0.3) is 10.8 Å². The second-order valence-corrected chi connectivity index (χ2v) is 13.1. The van der Waals surface area contributed by atoms with Crippen molar-refractivity contribution in [3.05, 3.63) is 114 Å². The second kappa shape index (κ2) is 19.9. The molecule has 1 heterocycles. The first kappa shape index (κ1) is 37.1. The Morgan fingerprint density at radius 2 is 1.44 bits per heavy atom. The number of benzene rings is 4. The van der Waals surface area contributed by atoms with Crippen molar-refractivity contribution in [1.29, 1.82) is 0 Å². The molecule has 0 aromatic heterocycles. The topological polar surface area (TPSA) is 75.3 Å². The van der Waals surface area contributed by atoms with Crippen LogP contribution in [0, 0.1) is 0 Å². The maximum Gasteiger partial charge on any atom is 0.293 e. The number of hydrogen-bond acceptors (Lipinski definition) is 7. The van der Waals surface area contributed by atoms with E-state index < -0.39 is 0 Å². The zero-order chi connectivity index (χ0) is 34.0. The molecular weight excluding hydrogens is 602 g/mol. The Labute approximate surface area is 286 Å². The molecule has 1 saturated heterocycles. The van der Waals surface area contributed by atoms with Gasteiger partial charge in [0, 0.05) is 32.0 Å². The Hall–Kier alpha value is -3.75. The van der Waals surface area contributed by atoms with Gasteiger partial charge in [-0.05, 0) is 72.9 Å². The number of carbonyl (C=O) groups is 1. The number of unbranched alkanes of at least 4 members (excludes halogenated alkanes) is 1. The molecule has 0 aliphatic carbocycles. The molecule has 0 amide bonds. The molecule has 4 aromatic carbocycles. The fraction of sp³-hybridized carbons (Fsp3) is 0.439. The molecule has 7 nitrogen and oxygen atoms in total. The van der Waals surface area contributed by atoms with Crippen molar-refractivity contribution < 1.29 is 28.5 Å². The van der Waals surface area contributed by atoms with Gasteiger partial charge < -0.3 is 29.0 Å². The smallest absolute Gasteiger partial charge is 0.293 e. The number of carbonyl (C=O) groups excluding carboxylic acids is 1. The first-order valence-corrected chi connectivity index (χ1v) is 17.2. The van der Waals surface area contributed by atoms with Gasteiger partial charge in [0.05, 0.1) is 38.6 Å². The van der Waals surface area contributed by atoms with E-state index in [1.54, 1.807) is 0 Å². The second-order valence-electron chi connectivity index (χ2n) is 13.1. The average molecular weight is 656 g/mol. The van der Waals surface area contributed by atoms with Crippen LogP contribution in [0.1, 0.15) is 69.6 Å². The minimum absolute atomic E-state index is 0.00961. The fourth-order valence-corrected chi connectivity index (χ4v) is 5.57. The van der Waals surface area contributed by atoms with Gasteiger partial charge in [0.25, 0.3) is 6.47 Å². The molecule has 0 bridgehead atoms. The van der Waals surface area contributed by atoms with Gasteiger partial charge in [0.1, 0.15) is 11.4 Å². The zero-order valence-electron chi connectivity index (χ0n) is 29.1. The lowest BCUT2D eigenvalue weighted by Crippen LogP contribution is -2.50. The number of fused-ring (bicyclic) bond motifs is 1. The first-order chi connectivity index (χ1) is 23.4. The molecule has 48 heavy (non-hydrogen) atoms. The molecule has 1 N–H and O–H groups in total. The van der Waals surface area contributed by atoms with Crippen molar-refractivity contribution in [2.45, 2.75) is 83.9 Å². The van der Waals surface area contributed by atoms with Crippen molar-refractivity contribution in [2.24, 2.45) is 0 Å². The molecule has 1 aliphatic heterocycles. The lowest BCUT2D eigenvalue weighted by molar-refractivity contribution is -0.138. The van der Waals surface area contributed by atoms with Crippen LogP contribution in [0.5, 0.6) is 5.75 Å². The summed E-state index contributed by atoms with van der Waals surface area (Å²) in [6.45, 7) is 13.0. The third-order valence-electron chi connectivity index (χ3n) is 8.08. The highest BCUT2D eigenvalue weighted by Gasteiger charge is 2.36. The van der Waals surface area contributed by atoms with Crippen LogP contribution in [0.4, 0.5) is 0 Å². The van der Waals surface area contributed by atoms with Crippen molar-refractivity contribution in [3.63, 3.8) is 0 Å². The van der Waals surface area contributed by atoms with Crippen LogP contribution in [-0.4, -0.2) is 57.2 Å². The molecule has 1 aliphatic rings. The van der Waals surface area contributed by atoms with E-state index in [9.17, 15) is 4.79 Å². The van der Waals surface area contributed by atoms with Crippen LogP contribution in [0.3, 0.4) is 0 Å². The highest BCUT2D eigenvalue weighted by atomic mass is 16.5. The summed E-state index contributed by atoms with van der Waals surface area (Å²) in [5.74, 6) is 1.02. The van der Waals surface area contributed by atoms with Gasteiger partial charge in [-0.3, -0.25) is 4.79 Å². The van der Waals surface area contributed by atoms with Gasteiger partial charge in [-0.15, -0.1) is 0 Å². The van der Waals surface area contributed by atoms with Gasteiger partial charge >= 0.3 is 0 Å². The Morgan fingerprint density at radius 1 is 0.729 bits per heavy atom. The predicted octanol–water partition coefficient (Wildman–Crippen LogP) is 8.24. The lowest BCUT2D eigenvalue weighted by Gasteiger charge is -2.39. The molecule has 3 unspecified atom stereocenters. The van der Waals surface area contributed by atoms with E-state index in [2.05, 4.69) is 95.8 Å². The van der Waals surface area contributed by atoms with E-state index >= 15 is 0 Å². The summed E-state index contributed by atoms with van der Waals surface area (Å²) < 4.78 is 29.4. The van der Waals surface area contributed by atoms with E-state index in [-0.39, 0.29) is 23.7 Å². The molecule has 0 saturated carbocycles. The highest BCUT2D eigenvalue weighted by Crippen LogP contribution is 2.32. The predicted molar refractivity (Wildman–Crippen MR) is 192 cm³/mol. The molecule has 3 atom stereocenters. The summed E-state index contributed by atoms with van der Waals surface area (Å²) in [5.41, 5.74) is 3.29. The summed E-state index contributed by atoms with van der Waals surface area (Å²) in [7, 11) is 0. The Bertz CT molecular complexity index is 1470. The van der Waals surface area contributed by atoms with E-state index in [0.717, 1.165) is 44.7 Å². The number of piperidine rings is 1. The van der Waals surface area contributed by atoms with Crippen molar-refractivity contribution in [1.82, 2.24) is 5.32 Å². The van der Waals surface area contributed by atoms with Crippen LogP contribution in [-0.2, 0) is 37.0 Å². The van der Waals surface area contributed by atoms with Crippen molar-refractivity contribution >= 4 is 17.2 Å². The molecule has 258 valence electrons. The minimum atomic E-state index is -0.318. The van der Waals surface area contributed by atoms with Gasteiger partial charge in [-0.2, -0.15) is 0 Å². The minimum Gasteiger partial charge on any atom is -0.494 e. The standard InChI is InChI=1S/C36H43NO4.C5H10O2/c1-2-3-21-40-34-24-37-25-35(41-27-29-14-15-30-12-7-8-13-32(30)23-29)36(34)31-16-18-33(19-17-31)39-22-9-20-38-26-28-10-5-4-6-11-28;1-5(2,3)7-4-6/h4-8,10-19,23,34-37H,2-3,9,20-22,24-27H2,1H3;4H,1-3H3. The largest absolute Gasteiger partial charge is 0.494 e. The van der Waals surface area contributed by atoms with Gasteiger partial charge in [0.2, 0.25) is 0 Å². The molecule has 4 aromatic rings. The number of hydrogen-bond donors (Lipinski definition) is 1. The monoisotopic (exact) mass is 655 g/mol. The maximum absolute atomic E-state index is 9.60. The zero-order valence-corrected chi connectivity index (χ0v) is 29.1. The SMILES string of the molecule is CC(C)(C)OC=O.CCCCOC1CNCC(OCc2ccc3ccccc3c2)C1c1ccc(OCCCOCc2ccccc2)cc1. The van der Waals surface area contributed by atoms with E-state index in [0.29, 0.717) is 32.9 Å². The molecule has 5 rings (SSSR count). The van der Waals surface area contributed by atoms with Crippen molar-refractivity contribution in [3.8, 4) is 5.75 Å². The van der Waals surface area contributed by atoms with Crippen LogP contribution in [0.15, 0.2) is 97.1 Å². The Morgan fingerprint density at radius 3 is 2.12 bits per heavy atom. The number of nitrogens with one attached hydrogen (secondary N) is 1. The summed E-state index contributed by atoms with van der Waals surface area (Å²) in [4.78, 5) is 9.60. The average Bonchev–Trinajstić information content (AvgIpc) is 3.09. The summed E-state index contributed by atoms with van der Waals surface area (Å²) in [5, 5.41) is 6.05. The molecule has 1 fully saturated rings. The van der Waals surface area contributed by atoms with Gasteiger partial charge in [-0.1, -0.05) is 92.2 Å². The molecular formula is C41H53NO6. The fourth-order valence-electron chi connectivity index (χ4n) is 5.57. The first-order valence-electron chi connectivity index (χ1n) is 17.2. The quantitative estimate of drug-likeness (QED) is 0.0963. The number of ether oxygens (including phenoxy) is 5. The third kappa shape index (κ3) is 12.7.